The van der Waals surface area contributed by atoms with Crippen LogP contribution in [-0.2, 0) is 0 Å². The first kappa shape index (κ1) is 13.3. The van der Waals surface area contributed by atoms with Crippen LogP contribution in [0.25, 0.3) is 0 Å². The zero-order chi connectivity index (χ0) is 13.1. The molecule has 0 radical (unpaired) electrons. The number of esters is 1. The molecule has 0 N–H and O–H groups in total. The summed E-state index contributed by atoms with van der Waals surface area (Å²) in [6, 6.07) is 12.7. The Hall–Kier alpha value is -1.13. The maximum Gasteiger partial charge on any atom is 0.344 e. The van der Waals surface area contributed by atoms with E-state index in [1.54, 1.807) is 24.3 Å². The molecule has 0 spiro atoms. The minimum Gasteiger partial charge on any atom is -0.422 e. The highest BCUT2D eigenvalue weighted by atomic mass is 79.9. The Labute approximate surface area is 122 Å². The molecule has 0 fully saturated rings. The van der Waals surface area contributed by atoms with Crippen molar-refractivity contribution in [1.82, 2.24) is 0 Å². The van der Waals surface area contributed by atoms with Gasteiger partial charge in [0.1, 0.15) is 5.75 Å². The quantitative estimate of drug-likeness (QED) is 0.564. The highest BCUT2D eigenvalue weighted by Gasteiger charge is 2.13. The van der Waals surface area contributed by atoms with Gasteiger partial charge in [-0.15, -0.1) is 0 Å². The molecule has 0 atom stereocenters. The second-order valence-electron chi connectivity index (χ2n) is 3.80. The number of hydrogen-bond acceptors (Lipinski definition) is 2. The highest BCUT2D eigenvalue weighted by Crippen LogP contribution is 2.27. The number of aryl methyl sites for hydroxylation is 1. The molecule has 0 aliphatic rings. The third-order valence-electron chi connectivity index (χ3n) is 2.38. The first-order chi connectivity index (χ1) is 8.58. The van der Waals surface area contributed by atoms with E-state index in [1.165, 1.54) is 0 Å². The summed E-state index contributed by atoms with van der Waals surface area (Å²) >= 11 is 6.71. The molecule has 2 nitrogen and oxygen atoms in total. The molecular formula is C14H10Br2O2. The Morgan fingerprint density at radius 1 is 1.06 bits per heavy atom. The SMILES string of the molecule is Cc1ccc(OC(=O)c2ccccc2Br)c(Br)c1. The molecule has 2 rings (SSSR count). The summed E-state index contributed by atoms with van der Waals surface area (Å²) in [5.74, 6) is 0.133. The van der Waals surface area contributed by atoms with E-state index in [0.717, 1.165) is 14.5 Å². The summed E-state index contributed by atoms with van der Waals surface area (Å²) in [4.78, 5) is 12.0. The predicted octanol–water partition coefficient (Wildman–Crippen LogP) is 4.74. The summed E-state index contributed by atoms with van der Waals surface area (Å²) in [7, 11) is 0. The molecule has 2 aromatic rings. The number of carbonyl (C=O) groups excluding carboxylic acids is 1. The van der Waals surface area contributed by atoms with E-state index in [4.69, 9.17) is 4.74 Å². The monoisotopic (exact) mass is 368 g/mol. The fraction of sp³-hybridized carbons (Fsp3) is 0.0714. The van der Waals surface area contributed by atoms with Crippen LogP contribution in [0.4, 0.5) is 0 Å². The van der Waals surface area contributed by atoms with Crippen molar-refractivity contribution in [3.05, 3.63) is 62.5 Å². The van der Waals surface area contributed by atoms with Crippen LogP contribution in [0, 0.1) is 6.92 Å². The molecule has 0 amide bonds. The molecule has 0 saturated heterocycles. The van der Waals surface area contributed by atoms with Crippen molar-refractivity contribution in [2.75, 3.05) is 0 Å². The average molecular weight is 370 g/mol. The van der Waals surface area contributed by atoms with E-state index < -0.39 is 0 Å². The van der Waals surface area contributed by atoms with Crippen molar-refractivity contribution in [3.8, 4) is 5.75 Å². The second kappa shape index (κ2) is 5.67. The van der Waals surface area contributed by atoms with Gasteiger partial charge >= 0.3 is 5.97 Å². The van der Waals surface area contributed by atoms with Crippen molar-refractivity contribution in [1.29, 1.82) is 0 Å². The van der Waals surface area contributed by atoms with Gasteiger partial charge in [0.05, 0.1) is 10.0 Å². The summed E-state index contributed by atoms with van der Waals surface area (Å²) in [5, 5.41) is 0. The van der Waals surface area contributed by atoms with Crippen LogP contribution in [0.1, 0.15) is 15.9 Å². The summed E-state index contributed by atoms with van der Waals surface area (Å²) in [6.07, 6.45) is 0. The van der Waals surface area contributed by atoms with Crippen LogP contribution in [0.5, 0.6) is 5.75 Å². The number of carbonyl (C=O) groups is 1. The smallest absolute Gasteiger partial charge is 0.344 e. The molecule has 18 heavy (non-hydrogen) atoms. The normalized spacial score (nSPS) is 10.2. The maximum atomic E-state index is 12.0. The number of rotatable bonds is 2. The van der Waals surface area contributed by atoms with Crippen LogP contribution in [0.2, 0.25) is 0 Å². The lowest BCUT2D eigenvalue weighted by Crippen LogP contribution is -2.09. The fourth-order valence-corrected chi connectivity index (χ4v) is 2.49. The first-order valence-corrected chi connectivity index (χ1v) is 6.89. The number of halogens is 2. The van der Waals surface area contributed by atoms with Gasteiger partial charge in [0, 0.05) is 4.47 Å². The van der Waals surface area contributed by atoms with Gasteiger partial charge in [0.15, 0.2) is 0 Å². The van der Waals surface area contributed by atoms with Crippen molar-refractivity contribution >= 4 is 37.8 Å². The van der Waals surface area contributed by atoms with E-state index in [9.17, 15) is 4.79 Å². The minimum atomic E-state index is -0.382. The molecule has 4 heteroatoms. The van der Waals surface area contributed by atoms with Crippen molar-refractivity contribution in [3.63, 3.8) is 0 Å². The zero-order valence-electron chi connectivity index (χ0n) is 9.61. The Bertz CT molecular complexity index is 594. The van der Waals surface area contributed by atoms with Gasteiger partial charge in [-0.3, -0.25) is 0 Å². The molecule has 0 saturated carbocycles. The molecule has 0 aromatic heterocycles. The van der Waals surface area contributed by atoms with Crippen LogP contribution in [-0.4, -0.2) is 5.97 Å². The van der Waals surface area contributed by atoms with Gasteiger partial charge in [-0.05, 0) is 68.6 Å². The lowest BCUT2D eigenvalue weighted by atomic mass is 10.2. The van der Waals surface area contributed by atoms with E-state index in [0.29, 0.717) is 11.3 Å². The number of ether oxygens (including phenoxy) is 1. The Kier molecular flexibility index (Phi) is 4.19. The highest BCUT2D eigenvalue weighted by molar-refractivity contribution is 9.10. The van der Waals surface area contributed by atoms with Crippen LogP contribution in [0.3, 0.4) is 0 Å². The third kappa shape index (κ3) is 3.00. The lowest BCUT2D eigenvalue weighted by Gasteiger charge is -2.08. The predicted molar refractivity (Wildman–Crippen MR) is 78.0 cm³/mol. The van der Waals surface area contributed by atoms with E-state index in [1.807, 2.05) is 25.1 Å². The van der Waals surface area contributed by atoms with Gasteiger partial charge in [0.2, 0.25) is 0 Å². The molecule has 0 aliphatic carbocycles. The molecule has 0 aliphatic heterocycles. The van der Waals surface area contributed by atoms with Crippen molar-refractivity contribution < 1.29 is 9.53 Å². The van der Waals surface area contributed by atoms with Crippen LogP contribution in [0.15, 0.2) is 51.4 Å². The summed E-state index contributed by atoms with van der Waals surface area (Å²) in [6.45, 7) is 1.98. The van der Waals surface area contributed by atoms with Gasteiger partial charge in [-0.25, -0.2) is 4.79 Å². The first-order valence-electron chi connectivity index (χ1n) is 5.31. The van der Waals surface area contributed by atoms with Gasteiger partial charge in [-0.1, -0.05) is 18.2 Å². The van der Waals surface area contributed by atoms with E-state index in [-0.39, 0.29) is 5.97 Å². The number of benzene rings is 2. The molecule has 0 bridgehead atoms. The van der Waals surface area contributed by atoms with Gasteiger partial charge in [-0.2, -0.15) is 0 Å². The molecule has 2 aromatic carbocycles. The standard InChI is InChI=1S/C14H10Br2O2/c1-9-6-7-13(12(16)8-9)18-14(17)10-4-2-3-5-11(10)15/h2-8H,1H3. The lowest BCUT2D eigenvalue weighted by molar-refractivity contribution is 0.0732. The average Bonchev–Trinajstić information content (AvgIpc) is 2.33. The Morgan fingerprint density at radius 2 is 1.78 bits per heavy atom. The molecular weight excluding hydrogens is 360 g/mol. The topological polar surface area (TPSA) is 26.3 Å². The molecule has 92 valence electrons. The summed E-state index contributed by atoms with van der Waals surface area (Å²) in [5.41, 5.74) is 1.60. The van der Waals surface area contributed by atoms with Crippen molar-refractivity contribution in [2.45, 2.75) is 6.92 Å². The number of hydrogen-bond donors (Lipinski definition) is 0. The van der Waals surface area contributed by atoms with E-state index >= 15 is 0 Å². The van der Waals surface area contributed by atoms with Crippen LogP contribution >= 0.6 is 31.9 Å². The summed E-state index contributed by atoms with van der Waals surface area (Å²) < 4.78 is 6.84. The van der Waals surface area contributed by atoms with Gasteiger partial charge in [0.25, 0.3) is 0 Å². The second-order valence-corrected chi connectivity index (χ2v) is 5.51. The van der Waals surface area contributed by atoms with Crippen LogP contribution < -0.4 is 4.74 Å². The molecule has 0 unspecified atom stereocenters. The maximum absolute atomic E-state index is 12.0. The Balaban J connectivity index is 2.24. The Morgan fingerprint density at radius 3 is 2.44 bits per heavy atom. The fourth-order valence-electron chi connectivity index (χ4n) is 1.47. The largest absolute Gasteiger partial charge is 0.422 e. The van der Waals surface area contributed by atoms with E-state index in [2.05, 4.69) is 31.9 Å². The third-order valence-corrected chi connectivity index (χ3v) is 3.70. The minimum absolute atomic E-state index is 0.382. The zero-order valence-corrected chi connectivity index (χ0v) is 12.8. The van der Waals surface area contributed by atoms with Crippen molar-refractivity contribution in [2.24, 2.45) is 0 Å². The van der Waals surface area contributed by atoms with Gasteiger partial charge < -0.3 is 4.74 Å². The molecule has 0 heterocycles.